The summed E-state index contributed by atoms with van der Waals surface area (Å²) in [6.07, 6.45) is 1.66. The first-order valence-corrected chi connectivity index (χ1v) is 8.53. The molecular formula is C17H16N4O3S. The van der Waals surface area contributed by atoms with Crippen LogP contribution >= 0.6 is 11.3 Å². The molecule has 1 fully saturated rings. The fourth-order valence-corrected chi connectivity index (χ4v) is 3.57. The maximum Gasteiger partial charge on any atom is 0.348 e. The van der Waals surface area contributed by atoms with Crippen molar-refractivity contribution in [3.05, 3.63) is 45.8 Å². The molecule has 8 heteroatoms. The predicted octanol–water partition coefficient (Wildman–Crippen LogP) is 1.76. The predicted molar refractivity (Wildman–Crippen MR) is 92.7 cm³/mol. The number of hydrogen-bond acceptors (Lipinski definition) is 7. The van der Waals surface area contributed by atoms with Crippen LogP contribution in [0, 0.1) is 11.3 Å². The summed E-state index contributed by atoms with van der Waals surface area (Å²) in [6, 6.07) is 8.87. The van der Waals surface area contributed by atoms with E-state index in [1.54, 1.807) is 35.4 Å². The standard InChI is InChI=1S/C17H16N4O3S/c1-24-17(23)14-5-4-13(25-14)16(22)21-9-7-20(8-10-21)15-12(11-18)3-2-6-19-15/h2-6H,7-10H2,1H3. The monoisotopic (exact) mass is 356 g/mol. The number of esters is 1. The van der Waals surface area contributed by atoms with Gasteiger partial charge in [0.2, 0.25) is 0 Å². The summed E-state index contributed by atoms with van der Waals surface area (Å²) in [5.74, 6) is 0.121. The lowest BCUT2D eigenvalue weighted by molar-refractivity contribution is 0.0606. The number of ether oxygens (including phenoxy) is 1. The van der Waals surface area contributed by atoms with E-state index in [0.29, 0.717) is 47.3 Å². The van der Waals surface area contributed by atoms with Crippen molar-refractivity contribution in [1.82, 2.24) is 9.88 Å². The molecule has 0 saturated carbocycles. The van der Waals surface area contributed by atoms with Crippen LogP contribution in [0.5, 0.6) is 0 Å². The summed E-state index contributed by atoms with van der Waals surface area (Å²) in [5, 5.41) is 9.19. The van der Waals surface area contributed by atoms with E-state index in [0.717, 1.165) is 11.3 Å². The van der Waals surface area contributed by atoms with E-state index >= 15 is 0 Å². The van der Waals surface area contributed by atoms with Gasteiger partial charge in [0.25, 0.3) is 5.91 Å². The van der Waals surface area contributed by atoms with E-state index in [-0.39, 0.29) is 5.91 Å². The number of amides is 1. The number of anilines is 1. The Labute approximate surface area is 149 Å². The van der Waals surface area contributed by atoms with Crippen LogP contribution in [0.1, 0.15) is 24.9 Å². The molecule has 0 aromatic carbocycles. The van der Waals surface area contributed by atoms with Gasteiger partial charge in [-0.15, -0.1) is 11.3 Å². The van der Waals surface area contributed by atoms with Gasteiger partial charge in [-0.3, -0.25) is 4.79 Å². The van der Waals surface area contributed by atoms with Crippen molar-refractivity contribution >= 4 is 29.0 Å². The smallest absolute Gasteiger partial charge is 0.348 e. The summed E-state index contributed by atoms with van der Waals surface area (Å²) >= 11 is 1.14. The Bertz CT molecular complexity index is 834. The fraction of sp³-hybridized carbons (Fsp3) is 0.294. The number of thiophene rings is 1. The average molecular weight is 356 g/mol. The van der Waals surface area contributed by atoms with Crippen LogP contribution in [-0.4, -0.2) is 55.0 Å². The Morgan fingerprint density at radius 2 is 1.92 bits per heavy atom. The van der Waals surface area contributed by atoms with Crippen molar-refractivity contribution in [3.63, 3.8) is 0 Å². The number of carbonyl (C=O) groups excluding carboxylic acids is 2. The number of carbonyl (C=O) groups is 2. The van der Waals surface area contributed by atoms with E-state index in [2.05, 4.69) is 15.8 Å². The second-order valence-electron chi connectivity index (χ2n) is 5.42. The Morgan fingerprint density at radius 1 is 1.20 bits per heavy atom. The van der Waals surface area contributed by atoms with Gasteiger partial charge in [-0.2, -0.15) is 5.26 Å². The molecule has 25 heavy (non-hydrogen) atoms. The van der Waals surface area contributed by atoms with Gasteiger partial charge < -0.3 is 14.5 Å². The molecule has 1 aliphatic rings. The highest BCUT2D eigenvalue weighted by molar-refractivity contribution is 7.15. The molecule has 2 aromatic heterocycles. The van der Waals surface area contributed by atoms with Crippen LogP contribution < -0.4 is 4.90 Å². The molecule has 1 aliphatic heterocycles. The molecule has 0 spiro atoms. The minimum atomic E-state index is -0.437. The molecule has 3 heterocycles. The van der Waals surface area contributed by atoms with Crippen molar-refractivity contribution in [2.45, 2.75) is 0 Å². The van der Waals surface area contributed by atoms with E-state index < -0.39 is 5.97 Å². The second kappa shape index (κ2) is 7.32. The van der Waals surface area contributed by atoms with Gasteiger partial charge in [-0.25, -0.2) is 9.78 Å². The number of nitrogens with zero attached hydrogens (tertiary/aromatic N) is 4. The third kappa shape index (κ3) is 3.46. The number of piperazine rings is 1. The van der Waals surface area contributed by atoms with Crippen LogP contribution in [-0.2, 0) is 4.74 Å². The molecule has 1 amide bonds. The molecule has 128 valence electrons. The first-order chi connectivity index (χ1) is 12.1. The van der Waals surface area contributed by atoms with Crippen molar-refractivity contribution in [1.29, 1.82) is 5.26 Å². The van der Waals surface area contributed by atoms with Gasteiger partial charge in [0.15, 0.2) is 0 Å². The third-order valence-electron chi connectivity index (χ3n) is 3.98. The van der Waals surface area contributed by atoms with Gasteiger partial charge in [-0.05, 0) is 24.3 Å². The fourth-order valence-electron chi connectivity index (χ4n) is 2.68. The minimum absolute atomic E-state index is 0.0960. The van der Waals surface area contributed by atoms with Crippen LogP contribution in [0.25, 0.3) is 0 Å². The van der Waals surface area contributed by atoms with Gasteiger partial charge >= 0.3 is 5.97 Å². The zero-order chi connectivity index (χ0) is 17.8. The SMILES string of the molecule is COC(=O)c1ccc(C(=O)N2CCN(c3ncccc3C#N)CC2)s1. The highest BCUT2D eigenvalue weighted by Crippen LogP contribution is 2.22. The van der Waals surface area contributed by atoms with E-state index in [9.17, 15) is 14.9 Å². The summed E-state index contributed by atoms with van der Waals surface area (Å²) in [6.45, 7) is 2.27. The van der Waals surface area contributed by atoms with Crippen molar-refractivity contribution < 1.29 is 14.3 Å². The molecule has 0 N–H and O–H groups in total. The van der Waals surface area contributed by atoms with E-state index in [1.807, 2.05) is 4.90 Å². The molecular weight excluding hydrogens is 340 g/mol. The maximum atomic E-state index is 12.6. The first-order valence-electron chi connectivity index (χ1n) is 7.71. The van der Waals surface area contributed by atoms with Gasteiger partial charge in [-0.1, -0.05) is 0 Å². The van der Waals surface area contributed by atoms with Crippen molar-refractivity contribution in [3.8, 4) is 6.07 Å². The molecule has 0 atom stereocenters. The number of nitriles is 1. The lowest BCUT2D eigenvalue weighted by Gasteiger charge is -2.35. The van der Waals surface area contributed by atoms with E-state index in [1.165, 1.54) is 7.11 Å². The largest absolute Gasteiger partial charge is 0.465 e. The quantitative estimate of drug-likeness (QED) is 0.779. The molecule has 0 bridgehead atoms. The molecule has 7 nitrogen and oxygen atoms in total. The first kappa shape index (κ1) is 16.9. The number of methoxy groups -OCH3 is 1. The van der Waals surface area contributed by atoms with E-state index in [4.69, 9.17) is 0 Å². The van der Waals surface area contributed by atoms with Gasteiger partial charge in [0, 0.05) is 32.4 Å². The average Bonchev–Trinajstić information content (AvgIpc) is 3.17. The van der Waals surface area contributed by atoms with Crippen LogP contribution in [0.2, 0.25) is 0 Å². The van der Waals surface area contributed by atoms with Crippen molar-refractivity contribution in [2.24, 2.45) is 0 Å². The maximum absolute atomic E-state index is 12.6. The lowest BCUT2D eigenvalue weighted by atomic mass is 10.2. The normalized spacial score (nSPS) is 14.1. The number of hydrogen-bond donors (Lipinski definition) is 0. The molecule has 0 unspecified atom stereocenters. The van der Waals surface area contributed by atoms with Crippen LogP contribution in [0.15, 0.2) is 30.5 Å². The zero-order valence-electron chi connectivity index (χ0n) is 13.6. The molecule has 3 rings (SSSR count). The summed E-state index contributed by atoms with van der Waals surface area (Å²) in [5.41, 5.74) is 0.531. The Kier molecular flexibility index (Phi) is 4.95. The Balaban J connectivity index is 1.66. The molecule has 0 radical (unpaired) electrons. The summed E-state index contributed by atoms with van der Waals surface area (Å²) < 4.78 is 4.67. The number of pyridine rings is 1. The molecule has 0 aliphatic carbocycles. The highest BCUT2D eigenvalue weighted by Gasteiger charge is 2.25. The number of aromatic nitrogens is 1. The minimum Gasteiger partial charge on any atom is -0.465 e. The van der Waals surface area contributed by atoms with Gasteiger partial charge in [0.05, 0.1) is 17.6 Å². The topological polar surface area (TPSA) is 86.5 Å². The van der Waals surface area contributed by atoms with Crippen molar-refractivity contribution in [2.75, 3.05) is 38.2 Å². The Morgan fingerprint density at radius 3 is 2.60 bits per heavy atom. The molecule has 2 aromatic rings. The summed E-state index contributed by atoms with van der Waals surface area (Å²) in [4.78, 5) is 33.1. The van der Waals surface area contributed by atoms with Crippen LogP contribution in [0.3, 0.4) is 0 Å². The van der Waals surface area contributed by atoms with Crippen LogP contribution in [0.4, 0.5) is 5.82 Å². The highest BCUT2D eigenvalue weighted by atomic mass is 32.1. The Hall–Kier alpha value is -2.92. The molecule has 1 saturated heterocycles. The lowest BCUT2D eigenvalue weighted by Crippen LogP contribution is -2.49. The zero-order valence-corrected chi connectivity index (χ0v) is 14.5. The number of rotatable bonds is 3. The second-order valence-corrected chi connectivity index (χ2v) is 6.50. The summed E-state index contributed by atoms with van der Waals surface area (Å²) in [7, 11) is 1.32. The van der Waals surface area contributed by atoms with Gasteiger partial charge in [0.1, 0.15) is 16.8 Å². The third-order valence-corrected chi connectivity index (χ3v) is 5.03.